The van der Waals surface area contributed by atoms with Gasteiger partial charge in [-0.2, -0.15) is 0 Å². The number of ether oxygens (including phenoxy) is 2. The molecule has 4 nitrogen and oxygen atoms in total. The molecule has 122 valence electrons. The zero-order valence-corrected chi connectivity index (χ0v) is 14.3. The molecule has 0 aromatic heterocycles. The lowest BCUT2D eigenvalue weighted by Crippen LogP contribution is -2.00. The van der Waals surface area contributed by atoms with Gasteiger partial charge in [-0.05, 0) is 42.0 Å². The van der Waals surface area contributed by atoms with Gasteiger partial charge in [0.2, 0.25) is 0 Å². The van der Waals surface area contributed by atoms with Crippen molar-refractivity contribution in [2.45, 2.75) is 13.5 Å². The Morgan fingerprint density at radius 2 is 1.96 bits per heavy atom. The summed E-state index contributed by atoms with van der Waals surface area (Å²) in [4.78, 5) is 15.8. The van der Waals surface area contributed by atoms with Crippen LogP contribution in [-0.4, -0.2) is 11.9 Å². The molecule has 3 rings (SSSR count). The third-order valence-corrected chi connectivity index (χ3v) is 3.75. The van der Waals surface area contributed by atoms with Gasteiger partial charge in [-0.1, -0.05) is 35.3 Å². The second kappa shape index (κ2) is 7.07. The number of esters is 1. The van der Waals surface area contributed by atoms with Crippen LogP contribution >= 0.6 is 23.2 Å². The highest BCUT2D eigenvalue weighted by Gasteiger charge is 2.20. The lowest BCUT2D eigenvalue weighted by Gasteiger charge is -2.10. The van der Waals surface area contributed by atoms with Crippen molar-refractivity contribution in [3.8, 4) is 5.75 Å². The zero-order valence-electron chi connectivity index (χ0n) is 12.8. The molecule has 2 aromatic rings. The first kappa shape index (κ1) is 16.6. The molecule has 6 heteroatoms. The number of benzene rings is 2. The highest BCUT2D eigenvalue weighted by atomic mass is 35.5. The van der Waals surface area contributed by atoms with Crippen molar-refractivity contribution in [2.75, 3.05) is 0 Å². The Labute approximate surface area is 149 Å². The number of carbonyl (C=O) groups is 1. The third kappa shape index (κ3) is 3.96. The van der Waals surface area contributed by atoms with E-state index in [0.717, 1.165) is 5.56 Å². The summed E-state index contributed by atoms with van der Waals surface area (Å²) >= 11 is 12.0. The summed E-state index contributed by atoms with van der Waals surface area (Å²) in [6.45, 7) is 1.96. The van der Waals surface area contributed by atoms with Gasteiger partial charge in [0.25, 0.3) is 0 Å². The van der Waals surface area contributed by atoms with Crippen LogP contribution in [0.25, 0.3) is 6.08 Å². The highest BCUT2D eigenvalue weighted by Crippen LogP contribution is 2.28. The van der Waals surface area contributed by atoms with Crippen LogP contribution in [-0.2, 0) is 16.1 Å². The summed E-state index contributed by atoms with van der Waals surface area (Å²) in [5.41, 5.74) is 1.79. The standard InChI is InChI=1S/C18H13Cl2NO3/c1-11-21-16(18(22)24-11)9-13-8-15(20)5-6-17(13)23-10-12-3-2-4-14(19)7-12/h2-9H,10H2,1H3/b16-9+. The molecule has 0 N–H and O–H groups in total. The zero-order chi connectivity index (χ0) is 17.1. The van der Waals surface area contributed by atoms with Crippen LogP contribution in [0, 0.1) is 0 Å². The maximum Gasteiger partial charge on any atom is 0.363 e. The summed E-state index contributed by atoms with van der Waals surface area (Å²) in [6.07, 6.45) is 1.60. The average Bonchev–Trinajstić information content (AvgIpc) is 2.84. The Morgan fingerprint density at radius 1 is 1.17 bits per heavy atom. The molecule has 1 heterocycles. The van der Waals surface area contributed by atoms with Gasteiger partial charge in [-0.15, -0.1) is 0 Å². The van der Waals surface area contributed by atoms with E-state index in [1.165, 1.54) is 0 Å². The van der Waals surface area contributed by atoms with Crippen LogP contribution < -0.4 is 4.74 Å². The predicted octanol–water partition coefficient (Wildman–Crippen LogP) is 4.89. The summed E-state index contributed by atoms with van der Waals surface area (Å²) < 4.78 is 10.8. The topological polar surface area (TPSA) is 47.9 Å². The molecule has 24 heavy (non-hydrogen) atoms. The van der Waals surface area contributed by atoms with Crippen molar-refractivity contribution in [1.82, 2.24) is 0 Å². The van der Waals surface area contributed by atoms with E-state index < -0.39 is 5.97 Å². The second-order valence-electron chi connectivity index (χ2n) is 5.15. The molecule has 1 aliphatic heterocycles. The number of nitrogens with zero attached hydrogens (tertiary/aromatic N) is 1. The van der Waals surface area contributed by atoms with Crippen LogP contribution in [0.1, 0.15) is 18.1 Å². The first-order valence-corrected chi connectivity index (χ1v) is 7.93. The molecule has 0 saturated heterocycles. The summed E-state index contributed by atoms with van der Waals surface area (Å²) in [5, 5.41) is 1.18. The Bertz CT molecular complexity index is 859. The minimum Gasteiger partial charge on any atom is -0.488 e. The molecule has 0 atom stereocenters. The van der Waals surface area contributed by atoms with E-state index in [2.05, 4.69) is 4.99 Å². The van der Waals surface area contributed by atoms with E-state index in [1.807, 2.05) is 18.2 Å². The van der Waals surface area contributed by atoms with Gasteiger partial charge in [0.15, 0.2) is 11.6 Å². The first-order valence-electron chi connectivity index (χ1n) is 7.17. The van der Waals surface area contributed by atoms with Gasteiger partial charge in [0.05, 0.1) is 0 Å². The van der Waals surface area contributed by atoms with Gasteiger partial charge in [0, 0.05) is 22.5 Å². The van der Waals surface area contributed by atoms with Gasteiger partial charge >= 0.3 is 5.97 Å². The highest BCUT2D eigenvalue weighted by molar-refractivity contribution is 6.31. The molecule has 2 aromatic carbocycles. The van der Waals surface area contributed by atoms with Crippen LogP contribution in [0.4, 0.5) is 0 Å². The van der Waals surface area contributed by atoms with Crippen molar-refractivity contribution in [1.29, 1.82) is 0 Å². The minimum atomic E-state index is -0.492. The molecule has 0 radical (unpaired) electrons. The Balaban J connectivity index is 1.86. The molecule has 0 fully saturated rings. The van der Waals surface area contributed by atoms with Crippen LogP contribution in [0.15, 0.2) is 53.2 Å². The lowest BCUT2D eigenvalue weighted by atomic mass is 10.1. The van der Waals surface area contributed by atoms with Crippen LogP contribution in [0.2, 0.25) is 10.0 Å². The predicted molar refractivity (Wildman–Crippen MR) is 94.4 cm³/mol. The van der Waals surface area contributed by atoms with E-state index in [9.17, 15) is 4.79 Å². The number of cyclic esters (lactones) is 1. The number of halogens is 2. The van der Waals surface area contributed by atoms with E-state index in [-0.39, 0.29) is 5.70 Å². The number of hydrogen-bond donors (Lipinski definition) is 0. The summed E-state index contributed by atoms with van der Waals surface area (Å²) in [6, 6.07) is 12.6. The first-order chi connectivity index (χ1) is 11.5. The largest absolute Gasteiger partial charge is 0.488 e. The maximum atomic E-state index is 11.7. The Kier molecular flexibility index (Phi) is 4.88. The smallest absolute Gasteiger partial charge is 0.363 e. The molecule has 0 amide bonds. The lowest BCUT2D eigenvalue weighted by molar-refractivity contribution is -0.130. The van der Waals surface area contributed by atoms with Crippen LogP contribution in [0.3, 0.4) is 0 Å². The van der Waals surface area contributed by atoms with E-state index in [1.54, 1.807) is 37.3 Å². The minimum absolute atomic E-state index is 0.211. The van der Waals surface area contributed by atoms with Gasteiger partial charge in [-0.25, -0.2) is 9.79 Å². The molecule has 0 aliphatic carbocycles. The van der Waals surface area contributed by atoms with Crippen molar-refractivity contribution in [3.05, 3.63) is 69.3 Å². The number of aliphatic imine (C=N–C) groups is 1. The molecule has 0 unspecified atom stereocenters. The molecular weight excluding hydrogens is 349 g/mol. The van der Waals surface area contributed by atoms with Crippen LogP contribution in [0.5, 0.6) is 5.75 Å². The van der Waals surface area contributed by atoms with Gasteiger partial charge in [-0.3, -0.25) is 0 Å². The molecule has 1 aliphatic rings. The fraction of sp³-hybridized carbons (Fsp3) is 0.111. The van der Waals surface area contributed by atoms with Crippen molar-refractivity contribution < 1.29 is 14.3 Å². The Hall–Kier alpha value is -2.30. The quantitative estimate of drug-likeness (QED) is 0.575. The second-order valence-corrected chi connectivity index (χ2v) is 6.02. The fourth-order valence-electron chi connectivity index (χ4n) is 2.21. The average molecular weight is 362 g/mol. The third-order valence-electron chi connectivity index (χ3n) is 3.27. The van der Waals surface area contributed by atoms with Crippen molar-refractivity contribution in [2.24, 2.45) is 4.99 Å². The summed E-state index contributed by atoms with van der Waals surface area (Å²) in [5.74, 6) is 0.405. The van der Waals surface area contributed by atoms with Gasteiger partial charge < -0.3 is 9.47 Å². The SMILES string of the molecule is CC1=N/C(=C/c2cc(Cl)ccc2OCc2cccc(Cl)c2)C(=O)O1. The Morgan fingerprint density at radius 3 is 2.67 bits per heavy atom. The van der Waals surface area contributed by atoms with E-state index in [0.29, 0.717) is 33.9 Å². The number of hydrogen-bond acceptors (Lipinski definition) is 4. The van der Waals surface area contributed by atoms with Gasteiger partial charge in [0.1, 0.15) is 12.4 Å². The summed E-state index contributed by atoms with van der Waals surface area (Å²) in [7, 11) is 0. The van der Waals surface area contributed by atoms with Crippen molar-refractivity contribution >= 4 is 41.1 Å². The fourth-order valence-corrected chi connectivity index (χ4v) is 2.61. The van der Waals surface area contributed by atoms with E-state index in [4.69, 9.17) is 32.7 Å². The number of carbonyl (C=O) groups excluding carboxylic acids is 1. The van der Waals surface area contributed by atoms with Crippen molar-refractivity contribution in [3.63, 3.8) is 0 Å². The molecule has 0 bridgehead atoms. The molecule has 0 saturated carbocycles. The molecular formula is C18H13Cl2NO3. The normalized spacial score (nSPS) is 15.4. The monoisotopic (exact) mass is 361 g/mol. The maximum absolute atomic E-state index is 11.7. The molecule has 0 spiro atoms. The van der Waals surface area contributed by atoms with E-state index >= 15 is 0 Å². The number of rotatable bonds is 4.